The summed E-state index contributed by atoms with van der Waals surface area (Å²) < 4.78 is 4.45. The van der Waals surface area contributed by atoms with E-state index in [1.54, 1.807) is 18.3 Å². The van der Waals surface area contributed by atoms with Gasteiger partial charge in [-0.3, -0.25) is 9.59 Å². The molecule has 2 rings (SSSR count). The number of carbonyl (C=O) groups is 2. The largest absolute Gasteiger partial charge is 0.469 e. The van der Waals surface area contributed by atoms with Gasteiger partial charge in [0.25, 0.3) is 0 Å². The van der Waals surface area contributed by atoms with Gasteiger partial charge in [-0.1, -0.05) is 12.1 Å². The Morgan fingerprint density at radius 2 is 2.12 bits per heavy atom. The van der Waals surface area contributed by atoms with Crippen LogP contribution in [0.3, 0.4) is 0 Å². The monoisotopic (exact) mass is 217 g/mol. The van der Waals surface area contributed by atoms with E-state index >= 15 is 0 Å². The molecule has 0 fully saturated rings. The maximum Gasteiger partial charge on any atom is 0.313 e. The summed E-state index contributed by atoms with van der Waals surface area (Å²) in [7, 11) is 1.27. The Morgan fingerprint density at radius 3 is 2.88 bits per heavy atom. The zero-order valence-electron chi connectivity index (χ0n) is 8.82. The van der Waals surface area contributed by atoms with Crippen molar-refractivity contribution in [2.24, 2.45) is 0 Å². The first-order valence-electron chi connectivity index (χ1n) is 4.88. The highest BCUT2D eigenvalue weighted by Gasteiger charge is 2.12. The van der Waals surface area contributed by atoms with Gasteiger partial charge in [-0.05, 0) is 17.5 Å². The lowest BCUT2D eigenvalue weighted by Crippen LogP contribution is -2.09. The molecule has 0 atom stereocenters. The topological polar surface area (TPSA) is 59.2 Å². The third kappa shape index (κ3) is 1.95. The van der Waals surface area contributed by atoms with Crippen molar-refractivity contribution in [3.63, 3.8) is 0 Å². The fourth-order valence-corrected chi connectivity index (χ4v) is 1.53. The van der Waals surface area contributed by atoms with Crippen molar-refractivity contribution >= 4 is 22.7 Å². The third-order valence-electron chi connectivity index (χ3n) is 2.41. The van der Waals surface area contributed by atoms with E-state index in [1.807, 2.05) is 12.1 Å². The molecule has 1 heterocycles. The highest BCUT2D eigenvalue weighted by atomic mass is 16.5. The summed E-state index contributed by atoms with van der Waals surface area (Å²) in [4.78, 5) is 25.6. The van der Waals surface area contributed by atoms with Crippen LogP contribution in [-0.4, -0.2) is 23.8 Å². The van der Waals surface area contributed by atoms with Crippen LogP contribution in [0.1, 0.15) is 16.8 Å². The fraction of sp³-hybridized carbons (Fsp3) is 0.167. The van der Waals surface area contributed by atoms with E-state index in [-0.39, 0.29) is 12.2 Å². The first-order chi connectivity index (χ1) is 7.70. The zero-order valence-corrected chi connectivity index (χ0v) is 8.82. The maximum atomic E-state index is 11.7. The van der Waals surface area contributed by atoms with Crippen LogP contribution in [0.4, 0.5) is 0 Å². The molecule has 0 spiro atoms. The second kappa shape index (κ2) is 4.18. The lowest BCUT2D eigenvalue weighted by atomic mass is 10.1. The van der Waals surface area contributed by atoms with Gasteiger partial charge < -0.3 is 9.72 Å². The summed E-state index contributed by atoms with van der Waals surface area (Å²) in [6.07, 6.45) is 1.59. The van der Waals surface area contributed by atoms with Crippen LogP contribution < -0.4 is 0 Å². The van der Waals surface area contributed by atoms with E-state index in [2.05, 4.69) is 9.72 Å². The van der Waals surface area contributed by atoms with Crippen molar-refractivity contribution in [2.75, 3.05) is 7.11 Å². The van der Waals surface area contributed by atoms with E-state index in [0.717, 1.165) is 10.9 Å². The highest BCUT2D eigenvalue weighted by molar-refractivity contribution is 6.07. The summed E-state index contributed by atoms with van der Waals surface area (Å²) in [5.41, 5.74) is 1.40. The number of aromatic nitrogens is 1. The number of methoxy groups -OCH3 is 1. The normalized spacial score (nSPS) is 10.3. The molecule has 82 valence electrons. The molecular weight excluding hydrogens is 206 g/mol. The summed E-state index contributed by atoms with van der Waals surface area (Å²) in [6.45, 7) is 0. The minimum absolute atomic E-state index is 0.220. The molecule has 4 heteroatoms. The van der Waals surface area contributed by atoms with E-state index in [4.69, 9.17) is 0 Å². The molecule has 0 radical (unpaired) electrons. The Labute approximate surface area is 92.2 Å². The first-order valence-corrected chi connectivity index (χ1v) is 4.88. The van der Waals surface area contributed by atoms with Crippen LogP contribution in [-0.2, 0) is 9.53 Å². The summed E-state index contributed by atoms with van der Waals surface area (Å²) in [5.74, 6) is -0.750. The van der Waals surface area contributed by atoms with Crippen LogP contribution >= 0.6 is 0 Å². The number of carbonyl (C=O) groups excluding carboxylic acids is 2. The number of ketones is 1. The van der Waals surface area contributed by atoms with Gasteiger partial charge in [0.1, 0.15) is 6.42 Å². The van der Waals surface area contributed by atoms with E-state index in [0.29, 0.717) is 5.56 Å². The van der Waals surface area contributed by atoms with Crippen molar-refractivity contribution in [3.05, 3.63) is 36.0 Å². The number of hydrogen-bond acceptors (Lipinski definition) is 3. The highest BCUT2D eigenvalue weighted by Crippen LogP contribution is 2.15. The number of H-pyrrole nitrogens is 1. The number of Topliss-reactive ketones (excluding diaryl/α,β-unsaturated/α-hetero) is 1. The number of fused-ring (bicyclic) bond motifs is 1. The van der Waals surface area contributed by atoms with Crippen molar-refractivity contribution in [1.29, 1.82) is 0 Å². The molecule has 0 unspecified atom stereocenters. The number of esters is 1. The molecule has 0 saturated heterocycles. The quantitative estimate of drug-likeness (QED) is 0.485. The van der Waals surface area contributed by atoms with Gasteiger partial charge in [0.2, 0.25) is 0 Å². The molecule has 0 bridgehead atoms. The molecule has 0 aliphatic heterocycles. The Hall–Kier alpha value is -2.10. The van der Waals surface area contributed by atoms with Crippen molar-refractivity contribution in [2.45, 2.75) is 6.42 Å². The van der Waals surface area contributed by atoms with Gasteiger partial charge in [-0.25, -0.2) is 0 Å². The lowest BCUT2D eigenvalue weighted by Gasteiger charge is -2.00. The van der Waals surface area contributed by atoms with E-state index < -0.39 is 5.97 Å². The van der Waals surface area contributed by atoms with Gasteiger partial charge in [0, 0.05) is 17.3 Å². The minimum atomic E-state index is -0.517. The van der Waals surface area contributed by atoms with E-state index in [1.165, 1.54) is 7.11 Å². The Morgan fingerprint density at radius 1 is 1.31 bits per heavy atom. The van der Waals surface area contributed by atoms with Gasteiger partial charge in [-0.15, -0.1) is 0 Å². The minimum Gasteiger partial charge on any atom is -0.469 e. The predicted octanol–water partition coefficient (Wildman–Crippen LogP) is 1.91. The Bertz CT molecular complexity index is 542. The van der Waals surface area contributed by atoms with Gasteiger partial charge in [0.05, 0.1) is 7.11 Å². The van der Waals surface area contributed by atoms with Gasteiger partial charge in [0.15, 0.2) is 5.78 Å². The average molecular weight is 217 g/mol. The fourth-order valence-electron chi connectivity index (χ4n) is 1.53. The molecule has 4 nitrogen and oxygen atoms in total. The average Bonchev–Trinajstić information content (AvgIpc) is 2.75. The third-order valence-corrected chi connectivity index (χ3v) is 2.41. The van der Waals surface area contributed by atoms with Gasteiger partial charge >= 0.3 is 5.97 Å². The molecule has 2 aromatic rings. The molecule has 0 saturated carbocycles. The zero-order chi connectivity index (χ0) is 11.5. The summed E-state index contributed by atoms with van der Waals surface area (Å²) >= 11 is 0. The molecule has 16 heavy (non-hydrogen) atoms. The lowest BCUT2D eigenvalue weighted by molar-refractivity contribution is -0.139. The van der Waals surface area contributed by atoms with E-state index in [9.17, 15) is 9.59 Å². The molecule has 0 aliphatic carbocycles. The van der Waals surface area contributed by atoms with Crippen molar-refractivity contribution < 1.29 is 14.3 Å². The number of benzene rings is 1. The number of nitrogens with one attached hydrogen (secondary N) is 1. The predicted molar refractivity (Wildman–Crippen MR) is 59.3 cm³/mol. The second-order valence-corrected chi connectivity index (χ2v) is 3.46. The standard InChI is InChI=1S/C12H11NO3/c1-16-12(15)7-11(14)9-3-2-8-4-5-13-10(8)6-9/h2-6,13H,7H2,1H3. The smallest absolute Gasteiger partial charge is 0.313 e. The molecule has 0 amide bonds. The number of aromatic amines is 1. The Kier molecular flexibility index (Phi) is 2.72. The second-order valence-electron chi connectivity index (χ2n) is 3.46. The maximum absolute atomic E-state index is 11.7. The summed E-state index contributed by atoms with van der Waals surface area (Å²) in [5, 5.41) is 1.04. The van der Waals surface area contributed by atoms with Crippen molar-refractivity contribution in [1.82, 2.24) is 4.98 Å². The molecule has 1 aromatic carbocycles. The summed E-state index contributed by atoms with van der Waals surface area (Å²) in [6, 6.07) is 7.21. The number of hydrogen-bond donors (Lipinski definition) is 1. The van der Waals surface area contributed by atoms with Crippen LogP contribution in [0.5, 0.6) is 0 Å². The molecule has 0 aliphatic rings. The van der Waals surface area contributed by atoms with Crippen LogP contribution in [0.15, 0.2) is 30.5 Å². The van der Waals surface area contributed by atoms with Crippen molar-refractivity contribution in [3.8, 4) is 0 Å². The molecular formula is C12H11NO3. The Balaban J connectivity index is 2.25. The SMILES string of the molecule is COC(=O)CC(=O)c1ccc2cc[nH]c2c1. The van der Waals surface area contributed by atoms with Crippen LogP contribution in [0.25, 0.3) is 10.9 Å². The molecule has 1 N–H and O–H groups in total. The van der Waals surface area contributed by atoms with Crippen LogP contribution in [0, 0.1) is 0 Å². The number of rotatable bonds is 3. The number of ether oxygens (including phenoxy) is 1. The first kappa shape index (κ1) is 10.4. The molecule has 1 aromatic heterocycles. The van der Waals surface area contributed by atoms with Gasteiger partial charge in [-0.2, -0.15) is 0 Å². The van der Waals surface area contributed by atoms with Crippen LogP contribution in [0.2, 0.25) is 0 Å².